The van der Waals surface area contributed by atoms with E-state index in [0.717, 1.165) is 31.4 Å². The number of likely N-dealkylation sites (tertiary alicyclic amines) is 1. The fourth-order valence-corrected chi connectivity index (χ4v) is 2.70. The Hall–Kier alpha value is -1.56. The van der Waals surface area contributed by atoms with E-state index in [1.165, 1.54) is 6.07 Å². The van der Waals surface area contributed by atoms with Gasteiger partial charge < -0.3 is 5.11 Å². The van der Waals surface area contributed by atoms with E-state index in [1.54, 1.807) is 6.07 Å². The van der Waals surface area contributed by atoms with Gasteiger partial charge in [-0.25, -0.2) is 0 Å². The molecule has 3 nitrogen and oxygen atoms in total. The number of carbonyl (C=O) groups is 1. The van der Waals surface area contributed by atoms with Gasteiger partial charge in [-0.2, -0.15) is 13.2 Å². The van der Waals surface area contributed by atoms with Gasteiger partial charge in [-0.05, 0) is 44.0 Å². The van der Waals surface area contributed by atoms with Crippen molar-refractivity contribution in [1.82, 2.24) is 4.90 Å². The number of alkyl halides is 3. The maximum Gasteiger partial charge on any atom is 0.416 e. The van der Waals surface area contributed by atoms with Crippen LogP contribution in [0.4, 0.5) is 13.2 Å². The molecule has 1 fully saturated rings. The molecule has 2 rings (SSSR count). The quantitative estimate of drug-likeness (QED) is 0.928. The van der Waals surface area contributed by atoms with Crippen LogP contribution in [0.3, 0.4) is 0 Å². The highest BCUT2D eigenvalue weighted by atomic mass is 19.4. The molecule has 0 amide bonds. The molecule has 0 unspecified atom stereocenters. The average molecular weight is 301 g/mol. The molecule has 116 valence electrons. The fourth-order valence-electron chi connectivity index (χ4n) is 2.70. The first-order chi connectivity index (χ1) is 9.88. The number of carboxylic acid groups (broad SMARTS) is 1. The molecule has 1 N–H and O–H groups in total. The van der Waals surface area contributed by atoms with Gasteiger partial charge in [0.15, 0.2) is 0 Å². The van der Waals surface area contributed by atoms with Crippen molar-refractivity contribution in [2.75, 3.05) is 13.1 Å². The van der Waals surface area contributed by atoms with Crippen LogP contribution in [0.2, 0.25) is 0 Å². The number of halogens is 3. The SMILES string of the molecule is O=C(O)[C@H](Cc1cccc(C(F)(F)F)c1)N1CCCCC1. The normalized spacial score (nSPS) is 18.4. The summed E-state index contributed by atoms with van der Waals surface area (Å²) in [7, 11) is 0. The van der Waals surface area contributed by atoms with Crippen LogP contribution in [0.5, 0.6) is 0 Å². The zero-order valence-corrected chi connectivity index (χ0v) is 11.6. The number of piperidine rings is 1. The van der Waals surface area contributed by atoms with Crippen LogP contribution in [-0.2, 0) is 17.4 Å². The summed E-state index contributed by atoms with van der Waals surface area (Å²) >= 11 is 0. The summed E-state index contributed by atoms with van der Waals surface area (Å²) in [6, 6.07) is 4.16. The molecule has 0 spiro atoms. The lowest BCUT2D eigenvalue weighted by molar-refractivity contribution is -0.143. The van der Waals surface area contributed by atoms with E-state index in [0.29, 0.717) is 18.7 Å². The first-order valence-electron chi connectivity index (χ1n) is 7.01. The largest absolute Gasteiger partial charge is 0.480 e. The van der Waals surface area contributed by atoms with Crippen molar-refractivity contribution in [2.24, 2.45) is 0 Å². The van der Waals surface area contributed by atoms with Crippen molar-refractivity contribution in [3.8, 4) is 0 Å². The second-order valence-electron chi connectivity index (χ2n) is 5.35. The predicted molar refractivity (Wildman–Crippen MR) is 72.0 cm³/mol. The van der Waals surface area contributed by atoms with Gasteiger partial charge in [-0.15, -0.1) is 0 Å². The van der Waals surface area contributed by atoms with Gasteiger partial charge in [0.25, 0.3) is 0 Å². The first kappa shape index (κ1) is 15.8. The zero-order chi connectivity index (χ0) is 15.5. The van der Waals surface area contributed by atoms with Crippen molar-refractivity contribution < 1.29 is 23.1 Å². The van der Waals surface area contributed by atoms with E-state index in [4.69, 9.17) is 0 Å². The van der Waals surface area contributed by atoms with Crippen LogP contribution in [0.1, 0.15) is 30.4 Å². The van der Waals surface area contributed by atoms with E-state index in [1.807, 2.05) is 4.90 Å². The van der Waals surface area contributed by atoms with Gasteiger partial charge in [-0.1, -0.05) is 24.6 Å². The summed E-state index contributed by atoms with van der Waals surface area (Å²) in [5.41, 5.74) is -0.328. The van der Waals surface area contributed by atoms with Crippen molar-refractivity contribution in [3.63, 3.8) is 0 Å². The minimum atomic E-state index is -4.40. The maximum atomic E-state index is 12.7. The van der Waals surface area contributed by atoms with Gasteiger partial charge in [-0.3, -0.25) is 9.69 Å². The Labute approximate surface area is 121 Å². The molecule has 21 heavy (non-hydrogen) atoms. The summed E-state index contributed by atoms with van der Waals surface area (Å²) in [4.78, 5) is 13.3. The van der Waals surface area contributed by atoms with Gasteiger partial charge in [0.1, 0.15) is 6.04 Å². The van der Waals surface area contributed by atoms with Crippen LogP contribution >= 0.6 is 0 Å². The molecule has 0 aliphatic carbocycles. The number of aliphatic carboxylic acids is 1. The monoisotopic (exact) mass is 301 g/mol. The second kappa shape index (κ2) is 6.47. The Morgan fingerprint density at radius 3 is 2.48 bits per heavy atom. The number of hydrogen-bond acceptors (Lipinski definition) is 2. The molecule has 1 aromatic rings. The fraction of sp³-hybridized carbons (Fsp3) is 0.533. The Morgan fingerprint density at radius 1 is 1.24 bits per heavy atom. The lowest BCUT2D eigenvalue weighted by Crippen LogP contribution is -2.45. The van der Waals surface area contributed by atoms with Crippen LogP contribution in [0.25, 0.3) is 0 Å². The predicted octanol–water partition coefficient (Wildman–Crippen LogP) is 3.19. The lowest BCUT2D eigenvalue weighted by atomic mass is 10.00. The zero-order valence-electron chi connectivity index (χ0n) is 11.6. The standard InChI is InChI=1S/C15H18F3NO2/c16-15(17,18)12-6-4-5-11(9-12)10-13(14(20)21)19-7-2-1-3-8-19/h4-6,9,13H,1-3,7-8,10H2,(H,20,21)/t13-/m0/s1. The summed E-state index contributed by atoms with van der Waals surface area (Å²) in [6.07, 6.45) is -1.36. The molecule has 6 heteroatoms. The van der Waals surface area contributed by atoms with E-state index in [9.17, 15) is 23.1 Å². The van der Waals surface area contributed by atoms with Crippen molar-refractivity contribution in [3.05, 3.63) is 35.4 Å². The third-order valence-corrected chi connectivity index (χ3v) is 3.80. The number of carboxylic acids is 1. The van der Waals surface area contributed by atoms with Crippen LogP contribution < -0.4 is 0 Å². The molecule has 1 aliphatic heterocycles. The third kappa shape index (κ3) is 4.20. The number of rotatable bonds is 4. The molecule has 0 saturated carbocycles. The number of benzene rings is 1. The van der Waals surface area contributed by atoms with Crippen LogP contribution in [-0.4, -0.2) is 35.1 Å². The lowest BCUT2D eigenvalue weighted by Gasteiger charge is -2.32. The van der Waals surface area contributed by atoms with E-state index < -0.39 is 23.8 Å². The molecular weight excluding hydrogens is 283 g/mol. The topological polar surface area (TPSA) is 40.5 Å². The smallest absolute Gasteiger partial charge is 0.416 e. The van der Waals surface area contributed by atoms with E-state index in [2.05, 4.69) is 0 Å². The van der Waals surface area contributed by atoms with Gasteiger partial charge in [0.05, 0.1) is 5.56 Å². The number of hydrogen-bond donors (Lipinski definition) is 1. The molecule has 1 heterocycles. The maximum absolute atomic E-state index is 12.7. The molecular formula is C15H18F3NO2. The summed E-state index contributed by atoms with van der Waals surface area (Å²) in [5, 5.41) is 9.35. The van der Waals surface area contributed by atoms with Crippen LogP contribution in [0.15, 0.2) is 24.3 Å². The minimum Gasteiger partial charge on any atom is -0.480 e. The molecule has 0 bridgehead atoms. The molecule has 1 atom stereocenters. The summed E-state index contributed by atoms with van der Waals surface area (Å²) in [5.74, 6) is -0.977. The van der Waals surface area contributed by atoms with Gasteiger partial charge in [0, 0.05) is 0 Å². The molecule has 0 radical (unpaired) electrons. The Bertz CT molecular complexity index is 496. The van der Waals surface area contributed by atoms with E-state index in [-0.39, 0.29) is 6.42 Å². The van der Waals surface area contributed by atoms with Gasteiger partial charge in [0.2, 0.25) is 0 Å². The highest BCUT2D eigenvalue weighted by Gasteiger charge is 2.31. The van der Waals surface area contributed by atoms with E-state index >= 15 is 0 Å². The first-order valence-corrected chi connectivity index (χ1v) is 7.01. The highest BCUT2D eigenvalue weighted by molar-refractivity contribution is 5.74. The van der Waals surface area contributed by atoms with Crippen molar-refractivity contribution in [1.29, 1.82) is 0 Å². The van der Waals surface area contributed by atoms with Crippen LogP contribution in [0, 0.1) is 0 Å². The van der Waals surface area contributed by atoms with Crippen molar-refractivity contribution in [2.45, 2.75) is 37.9 Å². The summed E-state index contributed by atoms with van der Waals surface area (Å²) in [6.45, 7) is 1.38. The Balaban J connectivity index is 2.15. The highest BCUT2D eigenvalue weighted by Crippen LogP contribution is 2.30. The summed E-state index contributed by atoms with van der Waals surface area (Å²) < 4.78 is 38.1. The molecule has 1 aromatic carbocycles. The van der Waals surface area contributed by atoms with Crippen molar-refractivity contribution >= 4 is 5.97 Å². The van der Waals surface area contributed by atoms with Gasteiger partial charge >= 0.3 is 12.1 Å². The Kier molecular flexibility index (Phi) is 4.88. The second-order valence-corrected chi connectivity index (χ2v) is 5.35. The third-order valence-electron chi connectivity index (χ3n) is 3.80. The Morgan fingerprint density at radius 2 is 1.90 bits per heavy atom. The molecule has 1 aliphatic rings. The number of nitrogens with zero attached hydrogens (tertiary/aromatic N) is 1. The average Bonchev–Trinajstić information content (AvgIpc) is 2.45. The molecule has 0 aromatic heterocycles. The molecule has 1 saturated heterocycles. The minimum absolute atomic E-state index is 0.0965.